The highest BCUT2D eigenvalue weighted by molar-refractivity contribution is 6.30. The van der Waals surface area contributed by atoms with Crippen molar-refractivity contribution >= 4 is 11.6 Å². The zero-order valence-corrected chi connectivity index (χ0v) is 7.98. The van der Waals surface area contributed by atoms with Crippen molar-refractivity contribution in [3.8, 4) is 0 Å². The van der Waals surface area contributed by atoms with Crippen molar-refractivity contribution in [2.45, 2.75) is 18.9 Å². The van der Waals surface area contributed by atoms with Gasteiger partial charge in [-0.1, -0.05) is 18.5 Å². The van der Waals surface area contributed by atoms with Crippen LogP contribution < -0.4 is 0 Å². The summed E-state index contributed by atoms with van der Waals surface area (Å²) in [5.74, 6) is -0.253. The molecule has 0 aromatic heterocycles. The van der Waals surface area contributed by atoms with Gasteiger partial charge in [-0.2, -0.15) is 0 Å². The minimum absolute atomic E-state index is 0.125. The molecule has 0 amide bonds. The van der Waals surface area contributed by atoms with Gasteiger partial charge in [0.1, 0.15) is 5.82 Å². The molecule has 0 bridgehead atoms. The van der Waals surface area contributed by atoms with Crippen LogP contribution in [-0.2, 0) is 5.60 Å². The number of aliphatic hydroxyl groups is 1. The van der Waals surface area contributed by atoms with Crippen molar-refractivity contribution in [1.82, 2.24) is 0 Å². The Bertz CT molecular complexity index is 353. The molecule has 70 valence electrons. The lowest BCUT2D eigenvalue weighted by atomic mass is 10.1. The molecule has 0 heterocycles. The summed E-state index contributed by atoms with van der Waals surface area (Å²) in [7, 11) is 0. The first kappa shape index (κ1) is 8.97. The molecule has 2 atom stereocenters. The predicted octanol–water partition coefficient (Wildman–Crippen LogP) is 2.71. The van der Waals surface area contributed by atoms with Crippen LogP contribution in [0.2, 0.25) is 5.02 Å². The van der Waals surface area contributed by atoms with Crippen LogP contribution >= 0.6 is 11.6 Å². The summed E-state index contributed by atoms with van der Waals surface area (Å²) in [4.78, 5) is 0. The SMILES string of the molecule is CC1CC1(O)c1cc(Cl)ccc1F. The van der Waals surface area contributed by atoms with Gasteiger partial charge in [-0.25, -0.2) is 4.39 Å². The van der Waals surface area contributed by atoms with Gasteiger partial charge in [-0.15, -0.1) is 0 Å². The Hall–Kier alpha value is -0.600. The predicted molar refractivity (Wildman–Crippen MR) is 49.1 cm³/mol. The van der Waals surface area contributed by atoms with E-state index in [2.05, 4.69) is 0 Å². The Balaban J connectivity index is 2.46. The van der Waals surface area contributed by atoms with E-state index in [-0.39, 0.29) is 11.7 Å². The number of halogens is 2. The van der Waals surface area contributed by atoms with Gasteiger partial charge in [0.15, 0.2) is 0 Å². The maximum absolute atomic E-state index is 13.3. The molecule has 0 spiro atoms. The van der Waals surface area contributed by atoms with Crippen molar-refractivity contribution < 1.29 is 9.50 Å². The van der Waals surface area contributed by atoms with Crippen LogP contribution in [0.4, 0.5) is 4.39 Å². The van der Waals surface area contributed by atoms with E-state index < -0.39 is 5.60 Å². The second-order valence-electron chi connectivity index (χ2n) is 3.65. The summed E-state index contributed by atoms with van der Waals surface area (Å²) in [5, 5.41) is 10.3. The molecule has 1 N–H and O–H groups in total. The summed E-state index contributed by atoms with van der Waals surface area (Å²) in [6, 6.07) is 4.28. The smallest absolute Gasteiger partial charge is 0.129 e. The van der Waals surface area contributed by atoms with Crippen LogP contribution in [-0.4, -0.2) is 5.11 Å². The summed E-state index contributed by atoms with van der Waals surface area (Å²) < 4.78 is 13.3. The molecule has 0 saturated heterocycles. The monoisotopic (exact) mass is 200 g/mol. The van der Waals surface area contributed by atoms with E-state index in [1.165, 1.54) is 18.2 Å². The first-order valence-electron chi connectivity index (χ1n) is 4.22. The molecule has 1 aliphatic rings. The topological polar surface area (TPSA) is 20.2 Å². The average Bonchev–Trinajstić information content (AvgIpc) is 2.66. The first-order valence-corrected chi connectivity index (χ1v) is 4.60. The summed E-state index contributed by atoms with van der Waals surface area (Å²) >= 11 is 5.72. The van der Waals surface area contributed by atoms with Crippen LogP contribution in [0.1, 0.15) is 18.9 Å². The molecule has 0 aliphatic heterocycles. The summed E-state index contributed by atoms with van der Waals surface area (Å²) in [6.45, 7) is 1.89. The van der Waals surface area contributed by atoms with Gasteiger partial charge in [0.05, 0.1) is 5.60 Å². The molecular weight excluding hydrogens is 191 g/mol. The Morgan fingerprint density at radius 2 is 2.23 bits per heavy atom. The molecule has 2 unspecified atom stereocenters. The largest absolute Gasteiger partial charge is 0.385 e. The van der Waals surface area contributed by atoms with Crippen LogP contribution in [0.25, 0.3) is 0 Å². The normalized spacial score (nSPS) is 31.8. The molecule has 1 aromatic carbocycles. The van der Waals surface area contributed by atoms with Crippen LogP contribution in [0.5, 0.6) is 0 Å². The standard InChI is InChI=1S/C10H10ClFO/c1-6-5-10(6,13)8-4-7(11)2-3-9(8)12/h2-4,6,13H,5H2,1H3. The number of hydrogen-bond acceptors (Lipinski definition) is 1. The van der Waals surface area contributed by atoms with Crippen molar-refractivity contribution in [3.05, 3.63) is 34.6 Å². The molecule has 1 fully saturated rings. The Labute approximate surface area is 81.1 Å². The number of benzene rings is 1. The molecular formula is C10H10ClFO. The molecule has 2 rings (SSSR count). The third-order valence-corrected chi connectivity index (χ3v) is 2.90. The first-order chi connectivity index (χ1) is 6.04. The van der Waals surface area contributed by atoms with Gasteiger partial charge in [-0.05, 0) is 30.5 Å². The third-order valence-electron chi connectivity index (χ3n) is 2.67. The maximum Gasteiger partial charge on any atom is 0.129 e. The fourth-order valence-electron chi connectivity index (χ4n) is 1.61. The molecule has 1 aromatic rings. The van der Waals surface area contributed by atoms with Gasteiger partial charge >= 0.3 is 0 Å². The minimum atomic E-state index is -0.977. The van der Waals surface area contributed by atoms with Crippen LogP contribution in [0, 0.1) is 11.7 Å². The van der Waals surface area contributed by atoms with E-state index in [4.69, 9.17) is 11.6 Å². The second kappa shape index (κ2) is 2.69. The summed E-state index contributed by atoms with van der Waals surface area (Å²) in [5.41, 5.74) is -0.651. The lowest BCUT2D eigenvalue weighted by Gasteiger charge is -2.10. The van der Waals surface area contributed by atoms with Crippen LogP contribution in [0.3, 0.4) is 0 Å². The van der Waals surface area contributed by atoms with Crippen LogP contribution in [0.15, 0.2) is 18.2 Å². The van der Waals surface area contributed by atoms with Gasteiger partial charge in [0.2, 0.25) is 0 Å². The van der Waals surface area contributed by atoms with Gasteiger partial charge in [-0.3, -0.25) is 0 Å². The van der Waals surface area contributed by atoms with E-state index in [1.54, 1.807) is 0 Å². The summed E-state index contributed by atoms with van der Waals surface area (Å²) in [6.07, 6.45) is 0.615. The quantitative estimate of drug-likeness (QED) is 0.739. The highest BCUT2D eigenvalue weighted by atomic mass is 35.5. The van der Waals surface area contributed by atoms with Gasteiger partial charge in [0.25, 0.3) is 0 Å². The number of rotatable bonds is 1. The fraction of sp³-hybridized carbons (Fsp3) is 0.400. The highest BCUT2D eigenvalue weighted by Crippen LogP contribution is 2.52. The molecule has 1 aliphatic carbocycles. The average molecular weight is 201 g/mol. The van der Waals surface area contributed by atoms with E-state index in [0.717, 1.165) is 0 Å². The molecule has 1 nitrogen and oxygen atoms in total. The molecule has 3 heteroatoms. The van der Waals surface area contributed by atoms with E-state index in [0.29, 0.717) is 17.0 Å². The molecule has 1 saturated carbocycles. The van der Waals surface area contributed by atoms with Crippen molar-refractivity contribution in [2.24, 2.45) is 5.92 Å². The number of hydrogen-bond donors (Lipinski definition) is 1. The minimum Gasteiger partial charge on any atom is -0.385 e. The van der Waals surface area contributed by atoms with Crippen molar-refractivity contribution in [3.63, 3.8) is 0 Å². The Morgan fingerprint density at radius 1 is 1.62 bits per heavy atom. The van der Waals surface area contributed by atoms with Gasteiger partial charge < -0.3 is 5.11 Å². The lowest BCUT2D eigenvalue weighted by Crippen LogP contribution is -2.09. The third kappa shape index (κ3) is 1.34. The Morgan fingerprint density at radius 3 is 2.77 bits per heavy atom. The second-order valence-corrected chi connectivity index (χ2v) is 4.09. The lowest BCUT2D eigenvalue weighted by molar-refractivity contribution is 0.130. The van der Waals surface area contributed by atoms with Crippen molar-refractivity contribution in [2.75, 3.05) is 0 Å². The highest BCUT2D eigenvalue weighted by Gasteiger charge is 2.52. The van der Waals surface area contributed by atoms with E-state index in [9.17, 15) is 9.50 Å². The molecule has 0 radical (unpaired) electrons. The Kier molecular flexibility index (Phi) is 1.86. The van der Waals surface area contributed by atoms with E-state index in [1.807, 2.05) is 6.92 Å². The van der Waals surface area contributed by atoms with E-state index >= 15 is 0 Å². The van der Waals surface area contributed by atoms with Crippen molar-refractivity contribution in [1.29, 1.82) is 0 Å². The molecule has 13 heavy (non-hydrogen) atoms. The van der Waals surface area contributed by atoms with Gasteiger partial charge in [0, 0.05) is 10.6 Å². The zero-order chi connectivity index (χ0) is 9.64. The zero-order valence-electron chi connectivity index (χ0n) is 7.22. The maximum atomic E-state index is 13.3. The fourth-order valence-corrected chi connectivity index (χ4v) is 1.78.